The molecule has 31 heavy (non-hydrogen) atoms. The summed E-state index contributed by atoms with van der Waals surface area (Å²) in [4.78, 5) is 52.1. The first kappa shape index (κ1) is 21.1. The zero-order chi connectivity index (χ0) is 21.8. The molecule has 0 saturated heterocycles. The molecule has 8 nitrogen and oxygen atoms in total. The smallest absolute Gasteiger partial charge is 0.277 e. The monoisotopic (exact) mass is 455 g/mol. The molecule has 1 aliphatic heterocycles. The van der Waals surface area contributed by atoms with Crippen molar-refractivity contribution >= 4 is 45.7 Å². The minimum Gasteiger partial charge on any atom is -0.337 e. The summed E-state index contributed by atoms with van der Waals surface area (Å²) < 4.78 is 0. The normalized spacial score (nSPS) is 12.9. The van der Waals surface area contributed by atoms with Gasteiger partial charge in [-0.05, 0) is 24.3 Å². The zero-order valence-corrected chi connectivity index (χ0v) is 17.9. The quantitative estimate of drug-likeness (QED) is 0.571. The summed E-state index contributed by atoms with van der Waals surface area (Å²) in [5.41, 5.74) is 1.63. The van der Waals surface area contributed by atoms with Gasteiger partial charge in [0.25, 0.3) is 5.91 Å². The van der Waals surface area contributed by atoms with Crippen LogP contribution in [0, 0.1) is 0 Å². The highest BCUT2D eigenvalue weighted by atomic mass is 35.5. The van der Waals surface area contributed by atoms with Gasteiger partial charge >= 0.3 is 0 Å². The largest absolute Gasteiger partial charge is 0.337 e. The second-order valence-electron chi connectivity index (χ2n) is 6.93. The van der Waals surface area contributed by atoms with Gasteiger partial charge in [-0.3, -0.25) is 24.7 Å². The number of carbonyl (C=O) groups excluding carboxylic acids is 3. The van der Waals surface area contributed by atoms with Crippen LogP contribution in [0.3, 0.4) is 0 Å². The van der Waals surface area contributed by atoms with E-state index in [-0.39, 0.29) is 36.1 Å². The van der Waals surface area contributed by atoms with Crippen molar-refractivity contribution in [3.05, 3.63) is 69.7 Å². The van der Waals surface area contributed by atoms with Gasteiger partial charge in [-0.25, -0.2) is 9.97 Å². The van der Waals surface area contributed by atoms with Gasteiger partial charge in [0.1, 0.15) is 5.69 Å². The van der Waals surface area contributed by atoms with Crippen LogP contribution in [-0.2, 0) is 17.8 Å². The van der Waals surface area contributed by atoms with E-state index in [0.29, 0.717) is 35.2 Å². The molecule has 2 amide bonds. The summed E-state index contributed by atoms with van der Waals surface area (Å²) in [5.74, 6) is -0.547. The molecule has 2 aromatic heterocycles. The number of aromatic nitrogens is 3. The minimum absolute atomic E-state index is 0.0773. The van der Waals surface area contributed by atoms with Crippen LogP contribution in [-0.4, -0.2) is 44.0 Å². The third-order valence-corrected chi connectivity index (χ3v) is 6.08. The van der Waals surface area contributed by atoms with Crippen molar-refractivity contribution in [1.29, 1.82) is 0 Å². The van der Waals surface area contributed by atoms with Crippen molar-refractivity contribution in [1.82, 2.24) is 19.9 Å². The van der Waals surface area contributed by atoms with Gasteiger partial charge in [0.15, 0.2) is 10.9 Å². The summed E-state index contributed by atoms with van der Waals surface area (Å²) in [6.45, 7) is 0.949. The maximum atomic E-state index is 12.6. The van der Waals surface area contributed by atoms with Gasteiger partial charge in [-0.2, -0.15) is 0 Å². The molecule has 10 heteroatoms. The molecular weight excluding hydrogens is 438 g/mol. The highest BCUT2D eigenvalue weighted by Gasteiger charge is 2.25. The zero-order valence-electron chi connectivity index (χ0n) is 16.4. The van der Waals surface area contributed by atoms with E-state index in [1.54, 1.807) is 29.2 Å². The highest BCUT2D eigenvalue weighted by molar-refractivity contribution is 7.15. The first-order valence-electron chi connectivity index (χ1n) is 9.62. The predicted octanol–water partition coefficient (Wildman–Crippen LogP) is 3.39. The Kier molecular flexibility index (Phi) is 6.34. The second-order valence-corrected chi connectivity index (χ2v) is 8.45. The van der Waals surface area contributed by atoms with E-state index in [4.69, 9.17) is 11.6 Å². The Bertz CT molecular complexity index is 1120. The van der Waals surface area contributed by atoms with Crippen LogP contribution in [0.25, 0.3) is 0 Å². The molecule has 4 rings (SSSR count). The van der Waals surface area contributed by atoms with Crippen molar-refractivity contribution in [2.45, 2.75) is 25.8 Å². The maximum Gasteiger partial charge on any atom is 0.277 e. The number of halogens is 1. The van der Waals surface area contributed by atoms with E-state index >= 15 is 0 Å². The van der Waals surface area contributed by atoms with Crippen LogP contribution in [0.5, 0.6) is 0 Å². The molecule has 1 aromatic carbocycles. The fourth-order valence-corrected chi connectivity index (χ4v) is 4.34. The van der Waals surface area contributed by atoms with Crippen LogP contribution in [0.4, 0.5) is 5.13 Å². The number of amides is 2. The number of ketones is 1. The van der Waals surface area contributed by atoms with Crippen LogP contribution in [0.1, 0.15) is 44.3 Å². The van der Waals surface area contributed by atoms with Gasteiger partial charge in [-0.15, -0.1) is 0 Å². The van der Waals surface area contributed by atoms with Crippen molar-refractivity contribution in [2.75, 3.05) is 11.9 Å². The summed E-state index contributed by atoms with van der Waals surface area (Å²) in [5, 5.41) is 3.76. The van der Waals surface area contributed by atoms with E-state index in [0.717, 1.165) is 10.6 Å². The molecule has 0 radical (unpaired) electrons. The molecule has 0 aliphatic carbocycles. The third kappa shape index (κ3) is 5.12. The number of rotatable bonds is 6. The fourth-order valence-electron chi connectivity index (χ4n) is 3.20. The molecule has 0 saturated carbocycles. The molecule has 1 N–H and O–H groups in total. The predicted molar refractivity (Wildman–Crippen MR) is 116 cm³/mol. The average molecular weight is 456 g/mol. The van der Waals surface area contributed by atoms with Crippen LogP contribution < -0.4 is 5.32 Å². The Balaban J connectivity index is 1.33. The van der Waals surface area contributed by atoms with Crippen molar-refractivity contribution in [2.24, 2.45) is 0 Å². The van der Waals surface area contributed by atoms with Crippen molar-refractivity contribution in [3.8, 4) is 0 Å². The van der Waals surface area contributed by atoms with Gasteiger partial charge in [-0.1, -0.05) is 22.9 Å². The molecule has 3 heterocycles. The minimum atomic E-state index is -0.382. The summed E-state index contributed by atoms with van der Waals surface area (Å²) in [6.07, 6.45) is 5.21. The van der Waals surface area contributed by atoms with Crippen LogP contribution in [0.15, 0.2) is 42.9 Å². The summed E-state index contributed by atoms with van der Waals surface area (Å²) in [6, 6.07) is 6.65. The molecule has 3 aromatic rings. The van der Waals surface area contributed by atoms with Crippen LogP contribution >= 0.6 is 22.9 Å². The molecule has 0 fully saturated rings. The number of carbonyl (C=O) groups is 3. The van der Waals surface area contributed by atoms with Gasteiger partial charge in [0, 0.05) is 53.7 Å². The van der Waals surface area contributed by atoms with Crippen LogP contribution in [0.2, 0.25) is 5.02 Å². The maximum absolute atomic E-state index is 12.6. The van der Waals surface area contributed by atoms with E-state index in [1.807, 2.05) is 0 Å². The average Bonchev–Trinajstić information content (AvgIpc) is 3.19. The first-order valence-corrected chi connectivity index (χ1v) is 10.8. The molecule has 1 aliphatic rings. The van der Waals surface area contributed by atoms with E-state index < -0.39 is 0 Å². The van der Waals surface area contributed by atoms with Crippen molar-refractivity contribution < 1.29 is 14.4 Å². The number of anilines is 1. The fraction of sp³-hybridized carbons (Fsp3) is 0.238. The number of Topliss-reactive ketones (excluding diaryl/α,β-unsaturated/α-hetero) is 1. The second kappa shape index (κ2) is 9.32. The lowest BCUT2D eigenvalue weighted by molar-refractivity contribution is -0.132. The SMILES string of the molecule is O=C(CCC(=O)N1CCc2nc(NC(=O)c3cnccn3)sc2C1)c1ccc(Cl)cc1. The Morgan fingerprint density at radius 1 is 1.13 bits per heavy atom. The van der Waals surface area contributed by atoms with Gasteiger partial charge in [0.05, 0.1) is 18.4 Å². The standard InChI is InChI=1S/C21H18ClN5O3S/c22-14-3-1-13(2-4-14)17(28)5-6-19(29)27-10-7-15-18(12-27)31-21(25-15)26-20(30)16-11-23-8-9-24-16/h1-4,8-9,11H,5-7,10,12H2,(H,25,26,30). The molecule has 0 unspecified atom stereocenters. The molecule has 158 valence electrons. The number of nitrogens with zero attached hydrogens (tertiary/aromatic N) is 4. The lowest BCUT2D eigenvalue weighted by atomic mass is 10.1. The van der Waals surface area contributed by atoms with E-state index in [9.17, 15) is 14.4 Å². The Hall–Kier alpha value is -3.17. The molecule has 0 atom stereocenters. The number of hydrogen-bond acceptors (Lipinski definition) is 7. The lowest BCUT2D eigenvalue weighted by Gasteiger charge is -2.26. The number of hydrogen-bond donors (Lipinski definition) is 1. The summed E-state index contributed by atoms with van der Waals surface area (Å²) in [7, 11) is 0. The molecule has 0 spiro atoms. The number of fused-ring (bicyclic) bond motifs is 1. The first-order chi connectivity index (χ1) is 15.0. The van der Waals surface area contributed by atoms with E-state index in [2.05, 4.69) is 20.3 Å². The number of nitrogens with one attached hydrogen (secondary N) is 1. The Morgan fingerprint density at radius 3 is 2.68 bits per heavy atom. The molecular formula is C21H18ClN5O3S. The van der Waals surface area contributed by atoms with E-state index in [1.165, 1.54) is 29.9 Å². The number of thiazole rings is 1. The molecule has 0 bridgehead atoms. The highest BCUT2D eigenvalue weighted by Crippen LogP contribution is 2.29. The Morgan fingerprint density at radius 2 is 1.94 bits per heavy atom. The summed E-state index contributed by atoms with van der Waals surface area (Å²) >= 11 is 7.18. The lowest BCUT2D eigenvalue weighted by Crippen LogP contribution is -2.35. The van der Waals surface area contributed by atoms with Gasteiger partial charge in [0.2, 0.25) is 5.91 Å². The number of benzene rings is 1. The van der Waals surface area contributed by atoms with Crippen molar-refractivity contribution in [3.63, 3.8) is 0 Å². The topological polar surface area (TPSA) is 105 Å². The third-order valence-electron chi connectivity index (χ3n) is 4.83. The Labute approximate surface area is 187 Å². The van der Waals surface area contributed by atoms with Gasteiger partial charge < -0.3 is 4.90 Å².